The van der Waals surface area contributed by atoms with Gasteiger partial charge in [0.2, 0.25) is 0 Å². The van der Waals surface area contributed by atoms with E-state index in [0.717, 1.165) is 29.9 Å². The first-order chi connectivity index (χ1) is 9.22. The first kappa shape index (κ1) is 13.9. The molecule has 0 amide bonds. The van der Waals surface area contributed by atoms with Crippen molar-refractivity contribution in [3.63, 3.8) is 0 Å². The normalized spacial score (nSPS) is 10.5. The number of hydrogen-bond acceptors (Lipinski definition) is 2. The van der Waals surface area contributed by atoms with Gasteiger partial charge < -0.3 is 10.5 Å². The van der Waals surface area contributed by atoms with Gasteiger partial charge in [-0.25, -0.2) is 0 Å². The second-order valence-electron chi connectivity index (χ2n) is 4.45. The highest BCUT2D eigenvalue weighted by atomic mass is 35.5. The van der Waals surface area contributed by atoms with Crippen molar-refractivity contribution in [2.24, 2.45) is 5.73 Å². The lowest BCUT2D eigenvalue weighted by Crippen LogP contribution is -1.97. The molecule has 0 aliphatic heterocycles. The topological polar surface area (TPSA) is 35.2 Å². The minimum Gasteiger partial charge on any atom is -0.457 e. The van der Waals surface area contributed by atoms with Gasteiger partial charge in [0.25, 0.3) is 0 Å². The molecule has 0 atom stereocenters. The Morgan fingerprint density at radius 3 is 2.32 bits per heavy atom. The largest absolute Gasteiger partial charge is 0.457 e. The molecule has 0 saturated carbocycles. The molecule has 2 aromatic rings. The number of halogens is 1. The van der Waals surface area contributed by atoms with Gasteiger partial charge in [-0.2, -0.15) is 0 Å². The third kappa shape index (κ3) is 3.72. The monoisotopic (exact) mass is 275 g/mol. The van der Waals surface area contributed by atoms with Crippen molar-refractivity contribution in [1.82, 2.24) is 0 Å². The van der Waals surface area contributed by atoms with E-state index < -0.39 is 0 Å². The SMILES string of the molecule is CCCc1ccc(Oc2ccc(CN)c(Cl)c2)cc1. The predicted octanol–water partition coefficient (Wildman–Crippen LogP) is 4.54. The molecule has 0 radical (unpaired) electrons. The molecule has 0 aromatic heterocycles. The third-order valence-corrected chi connectivity index (χ3v) is 3.29. The summed E-state index contributed by atoms with van der Waals surface area (Å²) in [6.45, 7) is 2.61. The van der Waals surface area contributed by atoms with Crippen molar-refractivity contribution in [2.75, 3.05) is 0 Å². The Morgan fingerprint density at radius 1 is 1.05 bits per heavy atom. The number of benzene rings is 2. The zero-order chi connectivity index (χ0) is 13.7. The van der Waals surface area contributed by atoms with E-state index >= 15 is 0 Å². The Bertz CT molecular complexity index is 537. The van der Waals surface area contributed by atoms with Crippen LogP contribution in [0.5, 0.6) is 11.5 Å². The molecule has 0 fully saturated rings. The van der Waals surface area contributed by atoms with Crippen LogP contribution >= 0.6 is 11.6 Å². The van der Waals surface area contributed by atoms with E-state index in [0.29, 0.717) is 11.6 Å². The first-order valence-electron chi connectivity index (χ1n) is 6.48. The van der Waals surface area contributed by atoms with E-state index in [1.54, 1.807) is 6.07 Å². The fourth-order valence-corrected chi connectivity index (χ4v) is 2.15. The van der Waals surface area contributed by atoms with Crippen LogP contribution in [-0.4, -0.2) is 0 Å². The van der Waals surface area contributed by atoms with Crippen molar-refractivity contribution in [1.29, 1.82) is 0 Å². The van der Waals surface area contributed by atoms with Gasteiger partial charge in [-0.15, -0.1) is 0 Å². The predicted molar refractivity (Wildman–Crippen MR) is 79.9 cm³/mol. The standard InChI is InChI=1S/C16H18ClNO/c1-2-3-12-4-7-14(8-5-12)19-15-9-6-13(11-18)16(17)10-15/h4-10H,2-3,11,18H2,1H3. The molecule has 0 aliphatic rings. The van der Waals surface area contributed by atoms with Crippen LogP contribution in [0.25, 0.3) is 0 Å². The molecule has 3 heteroatoms. The van der Waals surface area contributed by atoms with Crippen LogP contribution in [0.1, 0.15) is 24.5 Å². The Balaban J connectivity index is 2.10. The van der Waals surface area contributed by atoms with Gasteiger partial charge in [-0.1, -0.05) is 43.1 Å². The van der Waals surface area contributed by atoms with Crippen molar-refractivity contribution < 1.29 is 4.74 Å². The van der Waals surface area contributed by atoms with Gasteiger partial charge in [-0.05, 0) is 41.8 Å². The average Bonchev–Trinajstić information content (AvgIpc) is 2.42. The lowest BCUT2D eigenvalue weighted by molar-refractivity contribution is 0.482. The molecular weight excluding hydrogens is 258 g/mol. The Hall–Kier alpha value is -1.51. The molecule has 0 saturated heterocycles. The highest BCUT2D eigenvalue weighted by Gasteiger charge is 2.02. The number of ether oxygens (including phenoxy) is 1. The van der Waals surface area contributed by atoms with E-state index in [9.17, 15) is 0 Å². The van der Waals surface area contributed by atoms with Crippen LogP contribution in [0.15, 0.2) is 42.5 Å². The summed E-state index contributed by atoms with van der Waals surface area (Å²) >= 11 is 6.10. The maximum atomic E-state index is 6.10. The molecular formula is C16H18ClNO. The summed E-state index contributed by atoms with van der Waals surface area (Å²) in [6.07, 6.45) is 2.24. The second kappa shape index (κ2) is 6.60. The number of nitrogens with two attached hydrogens (primary N) is 1. The molecule has 0 aliphatic carbocycles. The van der Waals surface area contributed by atoms with Crippen LogP contribution in [0.2, 0.25) is 5.02 Å². The van der Waals surface area contributed by atoms with Gasteiger partial charge in [0, 0.05) is 11.6 Å². The molecule has 2 aromatic carbocycles. The quantitative estimate of drug-likeness (QED) is 0.869. The van der Waals surface area contributed by atoms with Gasteiger partial charge in [0.05, 0.1) is 0 Å². The fraction of sp³-hybridized carbons (Fsp3) is 0.250. The maximum Gasteiger partial charge on any atom is 0.128 e. The van der Waals surface area contributed by atoms with E-state index in [4.69, 9.17) is 22.1 Å². The lowest BCUT2D eigenvalue weighted by Gasteiger charge is -2.08. The Kier molecular flexibility index (Phi) is 4.83. The molecule has 2 rings (SSSR count). The van der Waals surface area contributed by atoms with Crippen LogP contribution < -0.4 is 10.5 Å². The summed E-state index contributed by atoms with van der Waals surface area (Å²) in [5.41, 5.74) is 7.82. The van der Waals surface area contributed by atoms with Crippen LogP contribution in [-0.2, 0) is 13.0 Å². The number of hydrogen-bond donors (Lipinski definition) is 1. The fourth-order valence-electron chi connectivity index (χ4n) is 1.91. The maximum absolute atomic E-state index is 6.10. The van der Waals surface area contributed by atoms with Crippen molar-refractivity contribution in [2.45, 2.75) is 26.3 Å². The van der Waals surface area contributed by atoms with Crippen molar-refractivity contribution in [3.05, 3.63) is 58.6 Å². The summed E-state index contributed by atoms with van der Waals surface area (Å²) in [4.78, 5) is 0. The van der Waals surface area contributed by atoms with Gasteiger partial charge >= 0.3 is 0 Å². The lowest BCUT2D eigenvalue weighted by atomic mass is 10.1. The third-order valence-electron chi connectivity index (χ3n) is 2.94. The molecule has 0 spiro atoms. The van der Waals surface area contributed by atoms with Gasteiger partial charge in [0.1, 0.15) is 11.5 Å². The summed E-state index contributed by atoms with van der Waals surface area (Å²) in [5, 5.41) is 0.641. The van der Waals surface area contributed by atoms with Crippen LogP contribution in [0.4, 0.5) is 0 Å². The van der Waals surface area contributed by atoms with Gasteiger partial charge in [0.15, 0.2) is 0 Å². The minimum absolute atomic E-state index is 0.435. The Labute approximate surface area is 119 Å². The second-order valence-corrected chi connectivity index (χ2v) is 4.86. The molecule has 0 unspecified atom stereocenters. The first-order valence-corrected chi connectivity index (χ1v) is 6.86. The van der Waals surface area contributed by atoms with E-state index in [1.165, 1.54) is 5.56 Å². The summed E-state index contributed by atoms with van der Waals surface area (Å²) in [5.74, 6) is 1.54. The van der Waals surface area contributed by atoms with Gasteiger partial charge in [-0.3, -0.25) is 0 Å². The molecule has 19 heavy (non-hydrogen) atoms. The highest BCUT2D eigenvalue weighted by molar-refractivity contribution is 6.31. The molecule has 2 nitrogen and oxygen atoms in total. The minimum atomic E-state index is 0.435. The summed E-state index contributed by atoms with van der Waals surface area (Å²) in [7, 11) is 0. The average molecular weight is 276 g/mol. The van der Waals surface area contributed by atoms with E-state index in [1.807, 2.05) is 24.3 Å². The zero-order valence-corrected chi connectivity index (χ0v) is 11.8. The van der Waals surface area contributed by atoms with Crippen molar-refractivity contribution >= 4 is 11.6 Å². The molecule has 100 valence electrons. The highest BCUT2D eigenvalue weighted by Crippen LogP contribution is 2.27. The zero-order valence-electron chi connectivity index (χ0n) is 11.0. The molecule has 0 heterocycles. The van der Waals surface area contributed by atoms with Crippen molar-refractivity contribution in [3.8, 4) is 11.5 Å². The smallest absolute Gasteiger partial charge is 0.128 e. The number of rotatable bonds is 5. The van der Waals surface area contributed by atoms with E-state index in [-0.39, 0.29) is 0 Å². The summed E-state index contributed by atoms with van der Waals surface area (Å²) < 4.78 is 5.77. The van der Waals surface area contributed by atoms with Crippen LogP contribution in [0, 0.1) is 0 Å². The molecule has 0 bridgehead atoms. The van der Waals surface area contributed by atoms with E-state index in [2.05, 4.69) is 19.1 Å². The number of aryl methyl sites for hydroxylation is 1. The molecule has 2 N–H and O–H groups in total. The summed E-state index contributed by atoms with van der Waals surface area (Å²) in [6, 6.07) is 13.7. The van der Waals surface area contributed by atoms with Crippen LogP contribution in [0.3, 0.4) is 0 Å². The Morgan fingerprint density at radius 2 is 1.74 bits per heavy atom.